The zero-order valence-electron chi connectivity index (χ0n) is 10.7. The second kappa shape index (κ2) is 6.02. The number of aromatic nitrogens is 1. The molecule has 0 aromatic carbocycles. The number of carboxylic acid groups (broad SMARTS) is 1. The maximum Gasteiger partial charge on any atom is 0.339 e. The van der Waals surface area contributed by atoms with Crippen LogP contribution in [0.15, 0.2) is 12.3 Å². The van der Waals surface area contributed by atoms with Crippen molar-refractivity contribution in [2.45, 2.75) is 26.4 Å². The highest BCUT2D eigenvalue weighted by molar-refractivity contribution is 6.30. The largest absolute Gasteiger partial charge is 0.478 e. The summed E-state index contributed by atoms with van der Waals surface area (Å²) in [5.41, 5.74) is -0.164. The van der Waals surface area contributed by atoms with Gasteiger partial charge in [0.25, 0.3) is 0 Å². The number of nitrogens with one attached hydrogen (secondary N) is 1. The number of halogens is 1. The molecule has 6 heteroatoms. The molecule has 0 aliphatic carbocycles. The molecule has 0 bridgehead atoms. The molecule has 1 heterocycles. The lowest BCUT2D eigenvalue weighted by Crippen LogP contribution is -2.23. The predicted octanol–water partition coefficient (Wildman–Crippen LogP) is 2.66. The Morgan fingerprint density at radius 1 is 1.56 bits per heavy atom. The van der Waals surface area contributed by atoms with Crippen LogP contribution in [-0.4, -0.2) is 34.8 Å². The predicted molar refractivity (Wildman–Crippen MR) is 70.4 cm³/mol. The molecule has 0 unspecified atom stereocenters. The van der Waals surface area contributed by atoms with Crippen molar-refractivity contribution in [1.29, 1.82) is 0 Å². The van der Waals surface area contributed by atoms with E-state index in [1.54, 1.807) is 0 Å². The molecular formula is C12H17ClN2O3. The molecule has 0 aliphatic rings. The molecule has 0 atom stereocenters. The molecule has 0 aliphatic heterocycles. The molecule has 5 nitrogen and oxygen atoms in total. The molecule has 100 valence electrons. The number of anilines is 1. The van der Waals surface area contributed by atoms with Crippen molar-refractivity contribution in [2.24, 2.45) is 0 Å². The molecular weight excluding hydrogens is 256 g/mol. The maximum atomic E-state index is 11.0. The Kier molecular flexibility index (Phi) is 4.93. The van der Waals surface area contributed by atoms with E-state index < -0.39 is 5.97 Å². The summed E-state index contributed by atoms with van der Waals surface area (Å²) in [6.07, 6.45) is 1.40. The number of hydrogen-bond acceptors (Lipinski definition) is 4. The molecule has 2 N–H and O–H groups in total. The Morgan fingerprint density at radius 2 is 2.22 bits per heavy atom. The van der Waals surface area contributed by atoms with Gasteiger partial charge in [-0.2, -0.15) is 0 Å². The Labute approximate surface area is 111 Å². The standard InChI is InChI=1S/C12H17ClN2O3/c1-12(2,3)18-5-4-14-10-9(11(16)17)6-8(13)7-15-10/h6-7H,4-5H2,1-3H3,(H,14,15)(H,16,17). The van der Waals surface area contributed by atoms with Gasteiger partial charge in [-0.3, -0.25) is 0 Å². The van der Waals surface area contributed by atoms with Gasteiger partial charge in [-0.15, -0.1) is 0 Å². The lowest BCUT2D eigenvalue weighted by molar-refractivity contribution is 0.00328. The highest BCUT2D eigenvalue weighted by atomic mass is 35.5. The average Bonchev–Trinajstić information content (AvgIpc) is 2.24. The van der Waals surface area contributed by atoms with E-state index in [9.17, 15) is 4.79 Å². The first-order valence-corrected chi connectivity index (χ1v) is 5.94. The van der Waals surface area contributed by atoms with E-state index in [2.05, 4.69) is 10.3 Å². The topological polar surface area (TPSA) is 71.5 Å². The minimum absolute atomic E-state index is 0.0539. The zero-order chi connectivity index (χ0) is 13.8. The van der Waals surface area contributed by atoms with Gasteiger partial charge in [0.15, 0.2) is 0 Å². The van der Waals surface area contributed by atoms with Gasteiger partial charge >= 0.3 is 5.97 Å². The number of hydrogen-bond donors (Lipinski definition) is 2. The first-order chi connectivity index (χ1) is 8.29. The van der Waals surface area contributed by atoms with Gasteiger partial charge in [0.1, 0.15) is 11.4 Å². The summed E-state index contributed by atoms with van der Waals surface area (Å²) in [7, 11) is 0. The second-order valence-electron chi connectivity index (χ2n) is 4.74. The third-order valence-corrected chi connectivity index (χ3v) is 2.22. The summed E-state index contributed by atoms with van der Waals surface area (Å²) in [5.74, 6) is -0.770. The van der Waals surface area contributed by atoms with Crippen LogP contribution in [-0.2, 0) is 4.74 Å². The van der Waals surface area contributed by atoms with E-state index in [-0.39, 0.29) is 11.2 Å². The lowest BCUT2D eigenvalue weighted by Gasteiger charge is -2.19. The number of aromatic carboxylic acids is 1. The van der Waals surface area contributed by atoms with Gasteiger partial charge in [-0.25, -0.2) is 9.78 Å². The highest BCUT2D eigenvalue weighted by Gasteiger charge is 2.13. The van der Waals surface area contributed by atoms with Gasteiger partial charge in [0.2, 0.25) is 0 Å². The van der Waals surface area contributed by atoms with Gasteiger partial charge in [-0.1, -0.05) is 11.6 Å². The van der Waals surface area contributed by atoms with Crippen LogP contribution in [0.25, 0.3) is 0 Å². The van der Waals surface area contributed by atoms with Gasteiger partial charge in [-0.05, 0) is 26.8 Å². The Hall–Kier alpha value is -1.33. The first kappa shape index (κ1) is 14.7. The second-order valence-corrected chi connectivity index (χ2v) is 5.18. The molecule has 0 radical (unpaired) electrons. The van der Waals surface area contributed by atoms with Crippen molar-refractivity contribution >= 4 is 23.4 Å². The summed E-state index contributed by atoms with van der Waals surface area (Å²) in [6.45, 7) is 6.81. The SMILES string of the molecule is CC(C)(C)OCCNc1ncc(Cl)cc1C(=O)O. The molecule has 0 saturated carbocycles. The normalized spacial score (nSPS) is 11.3. The highest BCUT2D eigenvalue weighted by Crippen LogP contribution is 2.17. The number of pyridine rings is 1. The average molecular weight is 273 g/mol. The fourth-order valence-corrected chi connectivity index (χ4v) is 1.43. The van der Waals surface area contributed by atoms with Crippen LogP contribution >= 0.6 is 11.6 Å². The van der Waals surface area contributed by atoms with Gasteiger partial charge in [0.05, 0.1) is 17.2 Å². The van der Waals surface area contributed by atoms with Crippen molar-refractivity contribution in [3.05, 3.63) is 22.8 Å². The Bertz CT molecular complexity index is 430. The van der Waals surface area contributed by atoms with E-state index in [0.717, 1.165) is 0 Å². The first-order valence-electron chi connectivity index (χ1n) is 5.56. The fourth-order valence-electron chi connectivity index (χ4n) is 1.27. The zero-order valence-corrected chi connectivity index (χ0v) is 11.4. The maximum absolute atomic E-state index is 11.0. The minimum atomic E-state index is -1.07. The third-order valence-electron chi connectivity index (χ3n) is 2.01. The third kappa shape index (κ3) is 4.89. The van der Waals surface area contributed by atoms with E-state index in [1.807, 2.05) is 20.8 Å². The molecule has 0 amide bonds. The van der Waals surface area contributed by atoms with Gasteiger partial charge in [0, 0.05) is 12.7 Å². The van der Waals surface area contributed by atoms with Crippen LogP contribution in [0, 0.1) is 0 Å². The molecule has 0 saturated heterocycles. The summed E-state index contributed by atoms with van der Waals surface area (Å²) in [6, 6.07) is 1.36. The van der Waals surface area contributed by atoms with Crippen LogP contribution < -0.4 is 5.32 Å². The van der Waals surface area contributed by atoms with E-state index in [1.165, 1.54) is 12.3 Å². The van der Waals surface area contributed by atoms with E-state index >= 15 is 0 Å². The minimum Gasteiger partial charge on any atom is -0.478 e. The van der Waals surface area contributed by atoms with Gasteiger partial charge < -0.3 is 15.2 Å². The molecule has 0 fully saturated rings. The van der Waals surface area contributed by atoms with Crippen molar-refractivity contribution in [2.75, 3.05) is 18.5 Å². The Balaban J connectivity index is 2.59. The quantitative estimate of drug-likeness (QED) is 0.807. The molecule has 1 aromatic heterocycles. The number of rotatable bonds is 5. The summed E-state index contributed by atoms with van der Waals surface area (Å²) >= 11 is 5.70. The Morgan fingerprint density at radius 3 is 2.78 bits per heavy atom. The van der Waals surface area contributed by atoms with E-state index in [0.29, 0.717) is 24.0 Å². The van der Waals surface area contributed by atoms with Crippen molar-refractivity contribution in [1.82, 2.24) is 4.98 Å². The van der Waals surface area contributed by atoms with Crippen LogP contribution in [0.2, 0.25) is 5.02 Å². The lowest BCUT2D eigenvalue weighted by atomic mass is 10.2. The number of nitrogens with zero attached hydrogens (tertiary/aromatic N) is 1. The molecule has 1 rings (SSSR count). The van der Waals surface area contributed by atoms with Crippen LogP contribution in [0.1, 0.15) is 31.1 Å². The van der Waals surface area contributed by atoms with Crippen LogP contribution in [0.5, 0.6) is 0 Å². The number of carbonyl (C=O) groups is 1. The summed E-state index contributed by atoms with van der Waals surface area (Å²) in [5, 5.41) is 12.2. The molecule has 18 heavy (non-hydrogen) atoms. The van der Waals surface area contributed by atoms with Crippen molar-refractivity contribution in [3.63, 3.8) is 0 Å². The monoisotopic (exact) mass is 272 g/mol. The fraction of sp³-hybridized carbons (Fsp3) is 0.500. The van der Waals surface area contributed by atoms with Crippen LogP contribution in [0.4, 0.5) is 5.82 Å². The number of ether oxygens (including phenoxy) is 1. The molecule has 1 aromatic rings. The smallest absolute Gasteiger partial charge is 0.339 e. The van der Waals surface area contributed by atoms with Crippen molar-refractivity contribution < 1.29 is 14.6 Å². The van der Waals surface area contributed by atoms with Crippen molar-refractivity contribution in [3.8, 4) is 0 Å². The summed E-state index contributed by atoms with van der Waals surface area (Å²) < 4.78 is 5.51. The van der Waals surface area contributed by atoms with E-state index in [4.69, 9.17) is 21.4 Å². The molecule has 0 spiro atoms. The van der Waals surface area contributed by atoms with Crippen LogP contribution in [0.3, 0.4) is 0 Å². The number of carboxylic acids is 1. The summed E-state index contributed by atoms with van der Waals surface area (Å²) in [4.78, 5) is 15.0.